The molecule has 0 saturated carbocycles. The summed E-state index contributed by atoms with van der Waals surface area (Å²) in [6.07, 6.45) is 0. The van der Waals surface area contributed by atoms with Gasteiger partial charge in [-0.05, 0) is 94.7 Å². The third-order valence-electron chi connectivity index (χ3n) is 9.18. The zero-order valence-electron chi connectivity index (χ0n) is 31.4. The van der Waals surface area contributed by atoms with E-state index < -0.39 is 84.2 Å². The molecule has 10 N–H and O–H groups in total. The van der Waals surface area contributed by atoms with Gasteiger partial charge in [-0.15, -0.1) is 15.3 Å². The van der Waals surface area contributed by atoms with Crippen molar-refractivity contribution in [3.05, 3.63) is 114 Å². The molecule has 0 heterocycles. The van der Waals surface area contributed by atoms with Crippen molar-refractivity contribution in [3.8, 4) is 22.6 Å². The Balaban J connectivity index is 1.18. The van der Waals surface area contributed by atoms with E-state index in [0.717, 1.165) is 36.4 Å². The highest BCUT2D eigenvalue weighted by Gasteiger charge is 2.28. The topological polar surface area (TPSA) is 376 Å². The minimum atomic E-state index is -5.18. The number of nitrogen functional groups attached to an aromatic ring is 2. The van der Waals surface area contributed by atoms with E-state index in [2.05, 4.69) is 30.7 Å². The molecule has 25 heteroatoms. The molecule has 0 fully saturated rings. The van der Waals surface area contributed by atoms with Gasteiger partial charge in [-0.3, -0.25) is 18.9 Å². The number of nitrogens with two attached hydrogens (primary N) is 2. The number of hydrogen-bond acceptors (Lipinski definition) is 19. The fourth-order valence-electron chi connectivity index (χ4n) is 6.19. The van der Waals surface area contributed by atoms with Gasteiger partial charge in [0.25, 0.3) is 30.4 Å². The second-order valence-electron chi connectivity index (χ2n) is 13.3. The number of anilines is 3. The molecule has 7 aromatic rings. The van der Waals surface area contributed by atoms with Crippen LogP contribution in [0.3, 0.4) is 0 Å². The first-order chi connectivity index (χ1) is 29.6. The average molecular weight is 915 g/mol. The number of rotatable bonds is 11. The summed E-state index contributed by atoms with van der Waals surface area (Å²) in [4.78, 5) is -2.46. The van der Waals surface area contributed by atoms with E-state index >= 15 is 0 Å². The predicted octanol–water partition coefficient (Wildman–Crippen LogP) is 8.92. The lowest BCUT2D eigenvalue weighted by atomic mass is 10.0. The third-order valence-corrected chi connectivity index (χ3v) is 11.7. The fraction of sp³-hybridized carbons (Fsp3) is 0. The lowest BCUT2D eigenvalue weighted by Crippen LogP contribution is -2.06. The molecule has 0 spiro atoms. The number of phenols is 2. The van der Waals surface area contributed by atoms with Gasteiger partial charge >= 0.3 is 0 Å². The van der Waals surface area contributed by atoms with Gasteiger partial charge in [-0.2, -0.15) is 40.6 Å². The van der Waals surface area contributed by atoms with E-state index in [0.29, 0.717) is 16.8 Å². The molecule has 0 unspecified atom stereocenters. The highest BCUT2D eigenvalue weighted by Crippen LogP contribution is 2.48. The van der Waals surface area contributed by atoms with Crippen LogP contribution in [0.25, 0.3) is 32.7 Å². The van der Waals surface area contributed by atoms with Crippen molar-refractivity contribution in [1.29, 1.82) is 0 Å². The van der Waals surface area contributed by atoms with Gasteiger partial charge in [-0.1, -0.05) is 30.3 Å². The number of phenolic OH excluding ortho intramolecular Hbond substituents is 2. The summed E-state index contributed by atoms with van der Waals surface area (Å²) in [5.41, 5.74) is 12.2. The highest BCUT2D eigenvalue weighted by molar-refractivity contribution is 7.86. The molecule has 63 heavy (non-hydrogen) atoms. The van der Waals surface area contributed by atoms with Gasteiger partial charge in [0, 0.05) is 6.07 Å². The minimum absolute atomic E-state index is 0.0298. The van der Waals surface area contributed by atoms with Crippen molar-refractivity contribution in [3.63, 3.8) is 0 Å². The number of aromatic hydroxyl groups is 2. The number of hydrogen-bond donors (Lipinski definition) is 8. The van der Waals surface area contributed by atoms with Gasteiger partial charge < -0.3 is 32.1 Å². The second kappa shape index (κ2) is 16.4. The lowest BCUT2D eigenvalue weighted by molar-refractivity contribution is 0.296. The van der Waals surface area contributed by atoms with Crippen LogP contribution in [0.15, 0.2) is 155 Å². The van der Waals surface area contributed by atoms with Gasteiger partial charge in [0.15, 0.2) is 5.75 Å². The molecular formula is C38H28N9O13S3-. The van der Waals surface area contributed by atoms with Crippen LogP contribution >= 0.6 is 0 Å². The first-order valence-electron chi connectivity index (χ1n) is 17.4. The van der Waals surface area contributed by atoms with E-state index in [1.807, 2.05) is 0 Å². The molecule has 0 radical (unpaired) electrons. The Morgan fingerprint density at radius 3 is 1.44 bits per heavy atom. The molecule has 0 aliphatic rings. The largest absolute Gasteiger partial charge is 0.733 e. The Morgan fingerprint density at radius 2 is 0.968 bits per heavy atom. The summed E-state index contributed by atoms with van der Waals surface area (Å²) < 4.78 is 102. The Morgan fingerprint density at radius 1 is 0.508 bits per heavy atom. The Labute approximate surface area is 355 Å². The van der Waals surface area contributed by atoms with Crippen LogP contribution in [-0.2, 0) is 30.4 Å². The standard InChI is InChI=1S/C38H28N9O13S3/c39-28-14-5-21-15-27(61(52,53)54)18-29(48)32(21)35(28)44-41-23-6-1-19(2-7-23)20-3-8-24(9-4-20)43-46-37-31(63(58,59)60)17-22-16-30(62(55,56)57)36(34(40)33(22)38(37)49)45-42-25-10-12-26(13-11-25)47(50)51/h1-18,48-50H,39-40H2,(H,52,53,54)(H,55,56,57)(H,58,59,60)/q-1. The first-order valence-corrected chi connectivity index (χ1v) is 21.7. The van der Waals surface area contributed by atoms with Crippen LogP contribution in [0.2, 0.25) is 0 Å². The average Bonchev–Trinajstić information content (AvgIpc) is 3.22. The summed E-state index contributed by atoms with van der Waals surface area (Å²) in [5.74, 6) is -1.46. The molecule has 22 nitrogen and oxygen atoms in total. The first kappa shape index (κ1) is 43.6. The van der Waals surface area contributed by atoms with Gasteiger partial charge in [0.1, 0.15) is 32.6 Å². The Bertz CT molecular complexity index is 3420. The van der Waals surface area contributed by atoms with E-state index in [1.165, 1.54) is 36.4 Å². The Kier molecular flexibility index (Phi) is 11.4. The summed E-state index contributed by atoms with van der Waals surface area (Å²) in [5, 5.41) is 65.1. The molecule has 0 atom stereocenters. The lowest BCUT2D eigenvalue weighted by Gasteiger charge is -2.21. The normalized spacial score (nSPS) is 12.7. The van der Waals surface area contributed by atoms with Gasteiger partial charge in [0.2, 0.25) is 0 Å². The number of benzene rings is 7. The SMILES string of the molecule is Nc1ccc2cc(S(=O)(=O)O)cc(O)c2c1N=Nc1ccc(-c2ccc(N=Nc3c(S(=O)(=O)O)cc4cc(S(=O)(=O)O)c(N=Nc5ccc(N([O-])O)cc5)c(N)c4c3O)cc2)cc1. The summed E-state index contributed by atoms with van der Waals surface area (Å²) >= 11 is 0. The van der Waals surface area contributed by atoms with Crippen molar-refractivity contribution in [2.75, 3.05) is 16.7 Å². The van der Waals surface area contributed by atoms with Crippen molar-refractivity contribution in [2.24, 2.45) is 30.7 Å². The predicted molar refractivity (Wildman–Crippen MR) is 228 cm³/mol. The van der Waals surface area contributed by atoms with Crippen LogP contribution in [0.1, 0.15) is 0 Å². The van der Waals surface area contributed by atoms with E-state index in [1.54, 1.807) is 36.4 Å². The van der Waals surface area contributed by atoms with Crippen molar-refractivity contribution >= 4 is 103 Å². The van der Waals surface area contributed by atoms with Gasteiger partial charge in [0.05, 0.1) is 49.8 Å². The molecular weight excluding hydrogens is 887 g/mol. The highest BCUT2D eigenvalue weighted by atomic mass is 32.2. The molecule has 0 amide bonds. The molecule has 0 aliphatic carbocycles. The maximum Gasteiger partial charge on any atom is 0.296 e. The van der Waals surface area contributed by atoms with Crippen LogP contribution in [-0.4, -0.2) is 54.3 Å². The third kappa shape index (κ3) is 9.10. The van der Waals surface area contributed by atoms with Crippen molar-refractivity contribution in [2.45, 2.75) is 14.7 Å². The van der Waals surface area contributed by atoms with Crippen molar-refractivity contribution in [1.82, 2.24) is 0 Å². The smallest absolute Gasteiger partial charge is 0.296 e. The maximum absolute atomic E-state index is 12.5. The molecule has 0 saturated heterocycles. The van der Waals surface area contributed by atoms with Crippen LogP contribution in [0, 0.1) is 5.21 Å². The number of azo groups is 3. The molecule has 0 aliphatic heterocycles. The van der Waals surface area contributed by atoms with Crippen LogP contribution in [0.4, 0.5) is 51.2 Å². The summed E-state index contributed by atoms with van der Waals surface area (Å²) in [6, 6.07) is 24.1. The zero-order valence-corrected chi connectivity index (χ0v) is 33.9. The maximum atomic E-state index is 12.5. The monoisotopic (exact) mass is 914 g/mol. The van der Waals surface area contributed by atoms with Crippen molar-refractivity contribution < 1.29 is 54.3 Å². The molecule has 7 rings (SSSR count). The second-order valence-corrected chi connectivity index (χ2v) is 17.5. The molecule has 7 aromatic carbocycles. The summed E-state index contributed by atoms with van der Waals surface area (Å²) in [7, 11) is -14.9. The van der Waals surface area contributed by atoms with E-state index in [-0.39, 0.29) is 44.6 Å². The zero-order chi connectivity index (χ0) is 45.6. The fourth-order valence-corrected chi connectivity index (χ4v) is 8.05. The van der Waals surface area contributed by atoms with Gasteiger partial charge in [-0.25, -0.2) is 0 Å². The summed E-state index contributed by atoms with van der Waals surface area (Å²) in [6.45, 7) is 0. The van der Waals surface area contributed by atoms with Crippen LogP contribution < -0.4 is 16.7 Å². The van der Waals surface area contributed by atoms with E-state index in [9.17, 15) is 54.3 Å². The minimum Gasteiger partial charge on any atom is -0.733 e. The Hall–Kier alpha value is -7.49. The molecule has 0 bridgehead atoms. The number of nitrogens with zero attached hydrogens (tertiary/aromatic N) is 7. The molecule has 0 aromatic heterocycles. The van der Waals surface area contributed by atoms with E-state index in [4.69, 9.17) is 16.7 Å². The van der Waals surface area contributed by atoms with Crippen LogP contribution in [0.5, 0.6) is 11.5 Å². The quantitative estimate of drug-likeness (QED) is 0.0260. The number of fused-ring (bicyclic) bond motifs is 2. The molecule has 322 valence electrons.